The quantitative estimate of drug-likeness (QED) is 0.850. The molecular formula is C13H19ClN2. The average Bonchev–Trinajstić information content (AvgIpc) is 2.67. The highest BCUT2D eigenvalue weighted by molar-refractivity contribution is 6.31. The summed E-state index contributed by atoms with van der Waals surface area (Å²) in [4.78, 5) is 0. The summed E-state index contributed by atoms with van der Waals surface area (Å²) in [6.07, 6.45) is 2.22. The Labute approximate surface area is 102 Å². The second-order valence-corrected chi connectivity index (χ2v) is 5.24. The number of hydrogen-bond acceptors (Lipinski definition) is 2. The van der Waals surface area contributed by atoms with Gasteiger partial charge in [0.05, 0.1) is 0 Å². The first-order valence-electron chi connectivity index (χ1n) is 5.86. The number of benzene rings is 1. The van der Waals surface area contributed by atoms with Gasteiger partial charge in [-0.1, -0.05) is 24.6 Å². The van der Waals surface area contributed by atoms with Crippen LogP contribution in [0.15, 0.2) is 12.1 Å². The molecule has 1 aromatic rings. The molecule has 88 valence electrons. The van der Waals surface area contributed by atoms with Crippen LogP contribution >= 0.6 is 11.6 Å². The van der Waals surface area contributed by atoms with Gasteiger partial charge in [0.25, 0.3) is 0 Å². The van der Waals surface area contributed by atoms with Gasteiger partial charge in [0.1, 0.15) is 0 Å². The molecule has 0 amide bonds. The lowest BCUT2D eigenvalue weighted by molar-refractivity contribution is 0.496. The van der Waals surface area contributed by atoms with Crippen molar-refractivity contribution in [2.75, 3.05) is 11.9 Å². The van der Waals surface area contributed by atoms with Crippen molar-refractivity contribution in [3.63, 3.8) is 0 Å². The average molecular weight is 239 g/mol. The van der Waals surface area contributed by atoms with Crippen molar-refractivity contribution in [1.29, 1.82) is 0 Å². The van der Waals surface area contributed by atoms with Crippen LogP contribution in [0.5, 0.6) is 0 Å². The summed E-state index contributed by atoms with van der Waals surface area (Å²) in [7, 11) is 0. The summed E-state index contributed by atoms with van der Waals surface area (Å²) in [5.41, 5.74) is 9.45. The summed E-state index contributed by atoms with van der Waals surface area (Å²) in [6, 6.07) is 4.64. The largest absolute Gasteiger partial charge is 0.381 e. The molecular weight excluding hydrogens is 220 g/mol. The number of nitrogens with one attached hydrogen (secondary N) is 1. The van der Waals surface area contributed by atoms with Crippen LogP contribution in [0.25, 0.3) is 0 Å². The van der Waals surface area contributed by atoms with Crippen molar-refractivity contribution in [3.05, 3.63) is 28.3 Å². The van der Waals surface area contributed by atoms with Gasteiger partial charge in [-0.25, -0.2) is 0 Å². The molecule has 3 heteroatoms. The molecule has 1 heterocycles. The fourth-order valence-electron chi connectivity index (χ4n) is 2.36. The number of rotatable bonds is 3. The minimum atomic E-state index is 0.519. The minimum Gasteiger partial charge on any atom is -0.381 e. The fourth-order valence-corrected chi connectivity index (χ4v) is 2.52. The van der Waals surface area contributed by atoms with E-state index in [0.29, 0.717) is 12.0 Å². The molecule has 0 spiro atoms. The lowest BCUT2D eigenvalue weighted by Gasteiger charge is -2.16. The highest BCUT2D eigenvalue weighted by Crippen LogP contribution is 2.34. The number of hydrogen-bond donors (Lipinski definition) is 2. The van der Waals surface area contributed by atoms with Crippen LogP contribution in [0, 0.1) is 12.8 Å². The van der Waals surface area contributed by atoms with Crippen molar-refractivity contribution in [2.24, 2.45) is 11.7 Å². The van der Waals surface area contributed by atoms with Gasteiger partial charge in [-0.15, -0.1) is 0 Å². The van der Waals surface area contributed by atoms with Gasteiger partial charge in [-0.2, -0.15) is 0 Å². The van der Waals surface area contributed by atoms with E-state index in [1.165, 1.54) is 16.8 Å². The zero-order valence-electron chi connectivity index (χ0n) is 9.89. The molecule has 0 saturated heterocycles. The summed E-state index contributed by atoms with van der Waals surface area (Å²) >= 11 is 6.11. The van der Waals surface area contributed by atoms with Gasteiger partial charge in [0.2, 0.25) is 0 Å². The van der Waals surface area contributed by atoms with Crippen molar-refractivity contribution in [3.8, 4) is 0 Å². The molecule has 1 aromatic carbocycles. The summed E-state index contributed by atoms with van der Waals surface area (Å²) in [5, 5.41) is 4.41. The maximum Gasteiger partial charge on any atom is 0.0455 e. The first-order valence-corrected chi connectivity index (χ1v) is 6.24. The normalized spacial score (nSPS) is 20.4. The maximum atomic E-state index is 6.11. The fraction of sp³-hybridized carbons (Fsp3) is 0.538. The smallest absolute Gasteiger partial charge is 0.0455 e. The number of nitrogens with two attached hydrogens (primary N) is 1. The van der Waals surface area contributed by atoms with E-state index in [1.54, 1.807) is 0 Å². The Morgan fingerprint density at radius 2 is 2.31 bits per heavy atom. The monoisotopic (exact) mass is 238 g/mol. The molecule has 3 N–H and O–H groups in total. The van der Waals surface area contributed by atoms with E-state index in [4.69, 9.17) is 17.3 Å². The van der Waals surface area contributed by atoms with E-state index in [9.17, 15) is 0 Å². The third-order valence-electron chi connectivity index (χ3n) is 3.39. The number of halogens is 1. The molecule has 0 bridgehead atoms. The predicted molar refractivity (Wildman–Crippen MR) is 70.1 cm³/mol. The SMILES string of the molecule is Cc1c(Cl)ccc2c1NC(CC(C)CN)C2. The molecule has 2 nitrogen and oxygen atoms in total. The Hall–Kier alpha value is -0.730. The molecule has 0 radical (unpaired) electrons. The highest BCUT2D eigenvalue weighted by Gasteiger charge is 2.23. The van der Waals surface area contributed by atoms with Crippen LogP contribution in [0.3, 0.4) is 0 Å². The van der Waals surface area contributed by atoms with Crippen LogP contribution in [-0.4, -0.2) is 12.6 Å². The molecule has 2 unspecified atom stereocenters. The molecule has 1 aliphatic rings. The topological polar surface area (TPSA) is 38.0 Å². The van der Waals surface area contributed by atoms with Crippen molar-refractivity contribution < 1.29 is 0 Å². The van der Waals surface area contributed by atoms with Gasteiger partial charge in [0.15, 0.2) is 0 Å². The highest BCUT2D eigenvalue weighted by atomic mass is 35.5. The van der Waals surface area contributed by atoms with Crippen LogP contribution in [-0.2, 0) is 6.42 Å². The summed E-state index contributed by atoms with van der Waals surface area (Å²) in [5.74, 6) is 0.572. The first-order chi connectivity index (χ1) is 7.61. The number of fused-ring (bicyclic) bond motifs is 1. The molecule has 0 aliphatic carbocycles. The first kappa shape index (κ1) is 11.7. The molecule has 2 atom stereocenters. The Balaban J connectivity index is 2.12. The Morgan fingerprint density at radius 1 is 1.56 bits per heavy atom. The zero-order chi connectivity index (χ0) is 11.7. The Bertz CT molecular complexity index is 390. The zero-order valence-corrected chi connectivity index (χ0v) is 10.6. The molecule has 16 heavy (non-hydrogen) atoms. The lowest BCUT2D eigenvalue weighted by Crippen LogP contribution is -2.23. The van der Waals surface area contributed by atoms with Crippen LogP contribution in [0.4, 0.5) is 5.69 Å². The van der Waals surface area contributed by atoms with E-state index in [-0.39, 0.29) is 0 Å². The van der Waals surface area contributed by atoms with Gasteiger partial charge in [-0.3, -0.25) is 0 Å². The molecule has 0 saturated carbocycles. The van der Waals surface area contributed by atoms with Crippen molar-refractivity contribution in [1.82, 2.24) is 0 Å². The van der Waals surface area contributed by atoms with E-state index < -0.39 is 0 Å². The molecule has 2 rings (SSSR count). The van der Waals surface area contributed by atoms with E-state index in [2.05, 4.69) is 25.2 Å². The van der Waals surface area contributed by atoms with Crippen molar-refractivity contribution in [2.45, 2.75) is 32.7 Å². The molecule has 0 aromatic heterocycles. The third-order valence-corrected chi connectivity index (χ3v) is 3.80. The minimum absolute atomic E-state index is 0.519. The lowest BCUT2D eigenvalue weighted by atomic mass is 9.99. The molecule has 0 fully saturated rings. The van der Waals surface area contributed by atoms with Gasteiger partial charge in [-0.05, 0) is 49.4 Å². The molecule has 1 aliphatic heterocycles. The Morgan fingerprint density at radius 3 is 3.00 bits per heavy atom. The maximum absolute atomic E-state index is 6.11. The number of anilines is 1. The van der Waals surface area contributed by atoms with Gasteiger partial charge in [0, 0.05) is 16.8 Å². The standard InChI is InChI=1S/C13H19ClN2/c1-8(7-15)5-11-6-10-3-4-12(14)9(2)13(10)16-11/h3-4,8,11,16H,5-7,15H2,1-2H3. The van der Waals surface area contributed by atoms with E-state index in [0.717, 1.165) is 24.4 Å². The predicted octanol–water partition coefficient (Wildman–Crippen LogP) is 2.97. The summed E-state index contributed by atoms with van der Waals surface area (Å²) in [6.45, 7) is 5.03. The second kappa shape index (κ2) is 4.64. The van der Waals surface area contributed by atoms with Crippen LogP contribution in [0.2, 0.25) is 5.02 Å². The van der Waals surface area contributed by atoms with Crippen molar-refractivity contribution >= 4 is 17.3 Å². The summed E-state index contributed by atoms with van der Waals surface area (Å²) < 4.78 is 0. The Kier molecular flexibility index (Phi) is 3.41. The van der Waals surface area contributed by atoms with E-state index >= 15 is 0 Å². The van der Waals surface area contributed by atoms with Gasteiger partial charge >= 0.3 is 0 Å². The van der Waals surface area contributed by atoms with Crippen LogP contribution < -0.4 is 11.1 Å². The van der Waals surface area contributed by atoms with Gasteiger partial charge < -0.3 is 11.1 Å². The van der Waals surface area contributed by atoms with E-state index in [1.807, 2.05) is 6.07 Å². The van der Waals surface area contributed by atoms with Crippen LogP contribution in [0.1, 0.15) is 24.5 Å². The second-order valence-electron chi connectivity index (χ2n) is 4.83. The third kappa shape index (κ3) is 2.18.